The third-order valence-electron chi connectivity index (χ3n) is 3.38. The van der Waals surface area contributed by atoms with Gasteiger partial charge in [0.2, 0.25) is 0 Å². The normalized spacial score (nSPS) is 16.9. The number of rotatable bonds is 6. The van der Waals surface area contributed by atoms with Crippen LogP contribution in [0.25, 0.3) is 0 Å². The molecule has 0 amide bonds. The number of epoxide rings is 1. The van der Waals surface area contributed by atoms with Gasteiger partial charge in [-0.2, -0.15) is 0 Å². The third kappa shape index (κ3) is 3.59. The fraction of sp³-hybridized carbons (Fsp3) is 0.294. The van der Waals surface area contributed by atoms with Gasteiger partial charge in [-0.05, 0) is 35.2 Å². The molecule has 1 saturated heterocycles. The molecule has 3 heteroatoms. The van der Waals surface area contributed by atoms with Gasteiger partial charge in [0.15, 0.2) is 0 Å². The molecule has 0 saturated carbocycles. The average Bonchev–Trinajstić information content (AvgIpc) is 3.32. The Bertz CT molecular complexity index is 541. The van der Waals surface area contributed by atoms with Crippen LogP contribution >= 0.6 is 0 Å². The molecule has 0 bridgehead atoms. The van der Waals surface area contributed by atoms with Gasteiger partial charge < -0.3 is 14.6 Å². The van der Waals surface area contributed by atoms with Crippen molar-refractivity contribution in [3.05, 3.63) is 65.2 Å². The summed E-state index contributed by atoms with van der Waals surface area (Å²) in [7, 11) is 0. The van der Waals surface area contributed by atoms with Crippen LogP contribution in [0, 0.1) is 0 Å². The summed E-state index contributed by atoms with van der Waals surface area (Å²) in [4.78, 5) is 0. The van der Waals surface area contributed by atoms with Crippen LogP contribution in [0.2, 0.25) is 0 Å². The van der Waals surface area contributed by atoms with Gasteiger partial charge >= 0.3 is 0 Å². The van der Waals surface area contributed by atoms with Crippen molar-refractivity contribution in [1.29, 1.82) is 0 Å². The molecular formula is C17H18O3. The Labute approximate surface area is 118 Å². The number of hydrogen-bond acceptors (Lipinski definition) is 3. The maximum Gasteiger partial charge on any atom is 0.119 e. The summed E-state index contributed by atoms with van der Waals surface area (Å²) < 4.78 is 10.7. The quantitative estimate of drug-likeness (QED) is 0.820. The summed E-state index contributed by atoms with van der Waals surface area (Å²) in [6, 6.07) is 16.2. The number of benzene rings is 2. The van der Waals surface area contributed by atoms with Crippen LogP contribution in [0.15, 0.2) is 48.5 Å². The van der Waals surface area contributed by atoms with Crippen molar-refractivity contribution in [1.82, 2.24) is 0 Å². The summed E-state index contributed by atoms with van der Waals surface area (Å²) >= 11 is 0. The van der Waals surface area contributed by atoms with Gasteiger partial charge in [0, 0.05) is 0 Å². The fourth-order valence-corrected chi connectivity index (χ4v) is 2.06. The van der Waals surface area contributed by atoms with Crippen LogP contribution in [0.3, 0.4) is 0 Å². The van der Waals surface area contributed by atoms with Gasteiger partial charge in [-0.25, -0.2) is 0 Å². The maximum atomic E-state index is 9.02. The van der Waals surface area contributed by atoms with Crippen molar-refractivity contribution < 1.29 is 14.6 Å². The van der Waals surface area contributed by atoms with Crippen molar-refractivity contribution in [2.45, 2.75) is 19.1 Å². The Morgan fingerprint density at radius 1 is 0.950 bits per heavy atom. The molecular weight excluding hydrogens is 252 g/mol. The van der Waals surface area contributed by atoms with E-state index in [1.54, 1.807) is 0 Å². The Morgan fingerprint density at radius 2 is 1.50 bits per heavy atom. The highest BCUT2D eigenvalue weighted by Gasteiger charge is 2.22. The first-order chi connectivity index (χ1) is 9.83. The van der Waals surface area contributed by atoms with Crippen LogP contribution in [0.1, 0.15) is 16.7 Å². The van der Waals surface area contributed by atoms with E-state index in [0.717, 1.165) is 24.3 Å². The summed E-state index contributed by atoms with van der Waals surface area (Å²) in [6.07, 6.45) is 1.18. The SMILES string of the molecule is OCc1ccc(Cc2ccc(OCC3CO3)cc2)cc1. The topological polar surface area (TPSA) is 42.0 Å². The molecule has 20 heavy (non-hydrogen) atoms. The molecule has 0 aromatic heterocycles. The van der Waals surface area contributed by atoms with E-state index < -0.39 is 0 Å². The third-order valence-corrected chi connectivity index (χ3v) is 3.38. The minimum atomic E-state index is 0.0943. The van der Waals surface area contributed by atoms with E-state index in [1.165, 1.54) is 11.1 Å². The van der Waals surface area contributed by atoms with E-state index in [-0.39, 0.29) is 6.61 Å². The van der Waals surface area contributed by atoms with Crippen molar-refractivity contribution in [2.75, 3.05) is 13.2 Å². The lowest BCUT2D eigenvalue weighted by Gasteiger charge is -2.06. The lowest BCUT2D eigenvalue weighted by atomic mass is 10.0. The number of hydrogen-bond donors (Lipinski definition) is 1. The van der Waals surface area contributed by atoms with Crippen LogP contribution < -0.4 is 4.74 Å². The molecule has 2 aromatic rings. The highest BCUT2D eigenvalue weighted by atomic mass is 16.6. The van der Waals surface area contributed by atoms with Crippen LogP contribution in [0.4, 0.5) is 0 Å². The standard InChI is InChI=1S/C17H18O3/c18-10-15-3-1-13(2-4-15)9-14-5-7-16(8-6-14)19-11-17-12-20-17/h1-8,17-18H,9-12H2. The van der Waals surface area contributed by atoms with E-state index in [1.807, 2.05) is 24.3 Å². The Balaban J connectivity index is 1.58. The lowest BCUT2D eigenvalue weighted by Crippen LogP contribution is -2.03. The zero-order valence-electron chi connectivity index (χ0n) is 11.3. The monoisotopic (exact) mass is 270 g/mol. The number of ether oxygens (including phenoxy) is 2. The molecule has 1 N–H and O–H groups in total. The summed E-state index contributed by atoms with van der Waals surface area (Å²) in [6.45, 7) is 1.56. The van der Waals surface area contributed by atoms with E-state index in [2.05, 4.69) is 24.3 Å². The molecule has 1 fully saturated rings. The Morgan fingerprint density at radius 3 is 2.05 bits per heavy atom. The predicted molar refractivity (Wildman–Crippen MR) is 76.8 cm³/mol. The van der Waals surface area contributed by atoms with Crippen LogP contribution in [-0.2, 0) is 17.8 Å². The van der Waals surface area contributed by atoms with E-state index >= 15 is 0 Å². The molecule has 1 heterocycles. The van der Waals surface area contributed by atoms with E-state index in [4.69, 9.17) is 14.6 Å². The summed E-state index contributed by atoms with van der Waals surface area (Å²) in [5.74, 6) is 0.889. The zero-order chi connectivity index (χ0) is 13.8. The van der Waals surface area contributed by atoms with Crippen LogP contribution in [-0.4, -0.2) is 24.4 Å². The van der Waals surface area contributed by atoms with Gasteiger partial charge in [-0.1, -0.05) is 36.4 Å². The Hall–Kier alpha value is -1.84. The van der Waals surface area contributed by atoms with Gasteiger partial charge in [-0.15, -0.1) is 0 Å². The van der Waals surface area contributed by atoms with Crippen molar-refractivity contribution in [2.24, 2.45) is 0 Å². The highest BCUT2D eigenvalue weighted by Crippen LogP contribution is 2.18. The van der Waals surface area contributed by atoms with Gasteiger partial charge in [0.05, 0.1) is 13.2 Å². The first-order valence-corrected chi connectivity index (χ1v) is 6.85. The van der Waals surface area contributed by atoms with Crippen molar-refractivity contribution in [3.63, 3.8) is 0 Å². The smallest absolute Gasteiger partial charge is 0.119 e. The highest BCUT2D eigenvalue weighted by molar-refractivity contribution is 5.32. The molecule has 0 spiro atoms. The molecule has 3 rings (SSSR count). The maximum absolute atomic E-state index is 9.02. The van der Waals surface area contributed by atoms with E-state index in [0.29, 0.717) is 12.7 Å². The fourth-order valence-electron chi connectivity index (χ4n) is 2.06. The second-order valence-corrected chi connectivity index (χ2v) is 5.06. The minimum absolute atomic E-state index is 0.0943. The molecule has 1 atom stereocenters. The lowest BCUT2D eigenvalue weighted by molar-refractivity contribution is 0.263. The first kappa shape index (κ1) is 13.2. The van der Waals surface area contributed by atoms with Gasteiger partial charge in [-0.3, -0.25) is 0 Å². The Kier molecular flexibility index (Phi) is 4.00. The van der Waals surface area contributed by atoms with Crippen molar-refractivity contribution >= 4 is 0 Å². The molecule has 2 aromatic carbocycles. The van der Waals surface area contributed by atoms with Gasteiger partial charge in [0.1, 0.15) is 18.5 Å². The number of aliphatic hydroxyl groups is 1. The molecule has 3 nitrogen and oxygen atoms in total. The summed E-state index contributed by atoms with van der Waals surface area (Å²) in [5, 5.41) is 9.02. The largest absolute Gasteiger partial charge is 0.491 e. The summed E-state index contributed by atoms with van der Waals surface area (Å²) in [5.41, 5.74) is 3.43. The number of aliphatic hydroxyl groups excluding tert-OH is 1. The molecule has 1 aliphatic rings. The molecule has 0 radical (unpaired) electrons. The zero-order valence-corrected chi connectivity index (χ0v) is 11.3. The first-order valence-electron chi connectivity index (χ1n) is 6.85. The van der Waals surface area contributed by atoms with Crippen LogP contribution in [0.5, 0.6) is 5.75 Å². The molecule has 104 valence electrons. The molecule has 1 aliphatic heterocycles. The second kappa shape index (κ2) is 6.07. The van der Waals surface area contributed by atoms with Gasteiger partial charge in [0.25, 0.3) is 0 Å². The molecule has 1 unspecified atom stereocenters. The predicted octanol–water partition coefficient (Wildman–Crippen LogP) is 2.55. The molecule has 0 aliphatic carbocycles. The second-order valence-electron chi connectivity index (χ2n) is 5.06. The van der Waals surface area contributed by atoms with Crippen molar-refractivity contribution in [3.8, 4) is 5.75 Å². The average molecular weight is 270 g/mol. The van der Waals surface area contributed by atoms with E-state index in [9.17, 15) is 0 Å². The minimum Gasteiger partial charge on any atom is -0.491 e.